The normalized spacial score (nSPS) is 17.6. The lowest BCUT2D eigenvalue weighted by Crippen LogP contribution is -2.50. The lowest BCUT2D eigenvalue weighted by molar-refractivity contribution is -0.141. The quantitative estimate of drug-likeness (QED) is 0.801. The van der Waals surface area contributed by atoms with Crippen LogP contribution in [0.15, 0.2) is 30.3 Å². The summed E-state index contributed by atoms with van der Waals surface area (Å²) >= 11 is 0. The van der Waals surface area contributed by atoms with Gasteiger partial charge in [-0.3, -0.25) is 14.3 Å². The third-order valence-corrected chi connectivity index (χ3v) is 6.42. The Kier molecular flexibility index (Phi) is 6.14. The van der Waals surface area contributed by atoms with Crippen LogP contribution in [-0.4, -0.2) is 51.2 Å². The van der Waals surface area contributed by atoms with E-state index in [0.29, 0.717) is 31.8 Å². The number of amides is 2. The van der Waals surface area contributed by atoms with E-state index in [4.69, 9.17) is 4.74 Å². The lowest BCUT2D eigenvalue weighted by Gasteiger charge is -2.44. The molecule has 2 aliphatic rings. The largest absolute Gasteiger partial charge is 0.370 e. The highest BCUT2D eigenvalue weighted by atomic mass is 16.5. The maximum absolute atomic E-state index is 12.7. The molecular formula is C24H32N4O3. The van der Waals surface area contributed by atoms with Crippen molar-refractivity contribution in [2.75, 3.05) is 13.1 Å². The Bertz CT molecular complexity index is 943. The van der Waals surface area contributed by atoms with Crippen LogP contribution in [-0.2, 0) is 36.0 Å². The van der Waals surface area contributed by atoms with Gasteiger partial charge in [-0.2, -0.15) is 5.10 Å². The molecule has 166 valence electrons. The number of piperidine rings is 1. The van der Waals surface area contributed by atoms with Crippen molar-refractivity contribution in [2.45, 2.75) is 64.2 Å². The molecule has 7 heteroatoms. The van der Waals surface area contributed by atoms with E-state index in [-0.39, 0.29) is 23.5 Å². The van der Waals surface area contributed by atoms with Crippen molar-refractivity contribution in [1.29, 1.82) is 0 Å². The van der Waals surface area contributed by atoms with E-state index in [1.807, 2.05) is 48.7 Å². The molecule has 0 saturated carbocycles. The van der Waals surface area contributed by atoms with Crippen LogP contribution in [0.1, 0.15) is 60.4 Å². The summed E-state index contributed by atoms with van der Waals surface area (Å²) in [5.41, 5.74) is 3.36. The zero-order valence-corrected chi connectivity index (χ0v) is 18.7. The first-order chi connectivity index (χ1) is 14.9. The summed E-state index contributed by atoms with van der Waals surface area (Å²) in [5.74, 6) is 0.0635. The number of hydrogen-bond acceptors (Lipinski definition) is 4. The van der Waals surface area contributed by atoms with Crippen molar-refractivity contribution in [2.24, 2.45) is 7.05 Å². The predicted molar refractivity (Wildman–Crippen MR) is 118 cm³/mol. The van der Waals surface area contributed by atoms with Gasteiger partial charge in [-0.1, -0.05) is 30.3 Å². The number of ether oxygens (including phenoxy) is 1. The van der Waals surface area contributed by atoms with Crippen LogP contribution in [0, 0.1) is 0 Å². The Balaban J connectivity index is 1.36. The molecule has 1 fully saturated rings. The van der Waals surface area contributed by atoms with E-state index < -0.39 is 0 Å². The number of nitrogens with zero attached hydrogens (tertiary/aromatic N) is 3. The van der Waals surface area contributed by atoms with E-state index in [1.54, 1.807) is 0 Å². The van der Waals surface area contributed by atoms with Crippen LogP contribution in [0.4, 0.5) is 0 Å². The molecular weight excluding hydrogens is 392 g/mol. The summed E-state index contributed by atoms with van der Waals surface area (Å²) in [6, 6.07) is 10.2. The fourth-order valence-electron chi connectivity index (χ4n) is 4.61. The van der Waals surface area contributed by atoms with Crippen LogP contribution >= 0.6 is 0 Å². The van der Waals surface area contributed by atoms with Crippen molar-refractivity contribution < 1.29 is 14.3 Å². The third-order valence-electron chi connectivity index (χ3n) is 6.42. The zero-order valence-electron chi connectivity index (χ0n) is 18.7. The molecule has 2 aliphatic heterocycles. The standard InChI is InChI=1S/C24H32N4O3/c1-17(2)25-23(30)22-19-16-31-24(15-20(19)27(3)26-22)11-13-28(14-12-24)21(29)10-9-18-7-5-4-6-8-18/h4-8,17H,9-16H2,1-3H3,(H,25,30). The molecule has 1 spiro atoms. The van der Waals surface area contributed by atoms with Gasteiger partial charge in [0.05, 0.1) is 12.2 Å². The molecule has 7 nitrogen and oxygen atoms in total. The highest BCUT2D eigenvalue weighted by Crippen LogP contribution is 2.37. The van der Waals surface area contributed by atoms with Gasteiger partial charge in [0.25, 0.3) is 5.91 Å². The second kappa shape index (κ2) is 8.83. The fourth-order valence-corrected chi connectivity index (χ4v) is 4.61. The number of benzene rings is 1. The van der Waals surface area contributed by atoms with Crippen LogP contribution < -0.4 is 5.32 Å². The van der Waals surface area contributed by atoms with E-state index in [2.05, 4.69) is 22.5 Å². The summed E-state index contributed by atoms with van der Waals surface area (Å²) in [4.78, 5) is 27.2. The molecule has 1 saturated heterocycles. The van der Waals surface area contributed by atoms with E-state index in [0.717, 1.165) is 36.9 Å². The Morgan fingerprint density at radius 2 is 1.90 bits per heavy atom. The molecule has 0 radical (unpaired) electrons. The molecule has 0 bridgehead atoms. The lowest BCUT2D eigenvalue weighted by atomic mass is 9.83. The Morgan fingerprint density at radius 3 is 2.58 bits per heavy atom. The van der Waals surface area contributed by atoms with Crippen molar-refractivity contribution in [1.82, 2.24) is 20.0 Å². The number of aryl methyl sites for hydroxylation is 2. The monoisotopic (exact) mass is 424 g/mol. The smallest absolute Gasteiger partial charge is 0.272 e. The molecule has 2 aromatic rings. The second-order valence-electron chi connectivity index (χ2n) is 9.04. The van der Waals surface area contributed by atoms with Crippen molar-refractivity contribution in [3.8, 4) is 0 Å². The maximum atomic E-state index is 12.7. The molecule has 1 N–H and O–H groups in total. The molecule has 0 unspecified atom stereocenters. The molecule has 3 heterocycles. The number of hydrogen-bond donors (Lipinski definition) is 1. The summed E-state index contributed by atoms with van der Waals surface area (Å²) in [7, 11) is 1.90. The van der Waals surface area contributed by atoms with E-state index in [9.17, 15) is 9.59 Å². The van der Waals surface area contributed by atoms with Gasteiger partial charge < -0.3 is 15.0 Å². The number of carbonyl (C=O) groups excluding carboxylic acids is 2. The van der Waals surface area contributed by atoms with Crippen LogP contribution in [0.5, 0.6) is 0 Å². The number of carbonyl (C=O) groups is 2. The molecule has 0 aliphatic carbocycles. The van der Waals surface area contributed by atoms with E-state index >= 15 is 0 Å². The van der Waals surface area contributed by atoms with Crippen LogP contribution in [0.2, 0.25) is 0 Å². The van der Waals surface area contributed by atoms with Gasteiger partial charge in [0.15, 0.2) is 5.69 Å². The van der Waals surface area contributed by atoms with Crippen molar-refractivity contribution in [3.05, 3.63) is 52.8 Å². The number of fused-ring (bicyclic) bond motifs is 1. The van der Waals surface area contributed by atoms with Crippen LogP contribution in [0.3, 0.4) is 0 Å². The SMILES string of the molecule is CC(C)NC(=O)c1nn(C)c2c1COC1(CCN(C(=O)CCc3ccccc3)CC1)C2. The topological polar surface area (TPSA) is 76.5 Å². The van der Waals surface area contributed by atoms with Gasteiger partial charge >= 0.3 is 0 Å². The summed E-state index contributed by atoms with van der Waals surface area (Å²) in [5, 5.41) is 7.40. The summed E-state index contributed by atoms with van der Waals surface area (Å²) in [6.07, 6.45) is 3.66. The fraction of sp³-hybridized carbons (Fsp3) is 0.542. The molecule has 2 amide bonds. The molecule has 31 heavy (non-hydrogen) atoms. The summed E-state index contributed by atoms with van der Waals surface area (Å²) in [6.45, 7) is 5.69. The highest BCUT2D eigenvalue weighted by molar-refractivity contribution is 5.94. The first-order valence-corrected chi connectivity index (χ1v) is 11.2. The second-order valence-corrected chi connectivity index (χ2v) is 9.04. The Morgan fingerprint density at radius 1 is 1.19 bits per heavy atom. The first-order valence-electron chi connectivity index (χ1n) is 11.2. The Hall–Kier alpha value is -2.67. The summed E-state index contributed by atoms with van der Waals surface area (Å²) < 4.78 is 8.15. The number of rotatable bonds is 5. The molecule has 1 aromatic carbocycles. The van der Waals surface area contributed by atoms with E-state index in [1.165, 1.54) is 5.56 Å². The van der Waals surface area contributed by atoms with Gasteiger partial charge in [0.2, 0.25) is 5.91 Å². The third kappa shape index (κ3) is 4.66. The van der Waals surface area contributed by atoms with Crippen molar-refractivity contribution >= 4 is 11.8 Å². The maximum Gasteiger partial charge on any atom is 0.272 e. The molecule has 0 atom stereocenters. The van der Waals surface area contributed by atoms with Gasteiger partial charge in [-0.15, -0.1) is 0 Å². The number of nitrogens with one attached hydrogen (secondary N) is 1. The van der Waals surface area contributed by atoms with Gasteiger partial charge in [0, 0.05) is 50.3 Å². The Labute approximate surface area is 183 Å². The minimum atomic E-state index is -0.275. The van der Waals surface area contributed by atoms with Gasteiger partial charge in [0.1, 0.15) is 0 Å². The van der Waals surface area contributed by atoms with Crippen molar-refractivity contribution in [3.63, 3.8) is 0 Å². The van der Waals surface area contributed by atoms with Crippen LogP contribution in [0.25, 0.3) is 0 Å². The predicted octanol–water partition coefficient (Wildman–Crippen LogP) is 2.62. The zero-order chi connectivity index (χ0) is 22.0. The minimum Gasteiger partial charge on any atom is -0.370 e. The minimum absolute atomic E-state index is 0.0600. The molecule has 4 rings (SSSR count). The molecule has 1 aromatic heterocycles. The average molecular weight is 425 g/mol. The van der Waals surface area contributed by atoms with Gasteiger partial charge in [-0.05, 0) is 38.7 Å². The van der Waals surface area contributed by atoms with Gasteiger partial charge in [-0.25, -0.2) is 0 Å². The number of likely N-dealkylation sites (tertiary alicyclic amines) is 1. The highest BCUT2D eigenvalue weighted by Gasteiger charge is 2.42. The average Bonchev–Trinajstić information content (AvgIpc) is 3.08. The number of aromatic nitrogens is 2. The first kappa shape index (κ1) is 21.6.